The molecule has 2 aromatic carbocycles. The third-order valence-electron chi connectivity index (χ3n) is 12.1. The van der Waals surface area contributed by atoms with Gasteiger partial charge in [0.25, 0.3) is 17.7 Å². The minimum atomic E-state index is -1.17. The summed E-state index contributed by atoms with van der Waals surface area (Å²) in [6.45, 7) is 7.36. The minimum Gasteiger partial charge on any atom is -0.386 e. The van der Waals surface area contributed by atoms with Crippen LogP contribution >= 0.6 is 11.3 Å². The molecule has 0 spiro atoms. The quantitative estimate of drug-likeness (QED) is 0.131. The van der Waals surface area contributed by atoms with Crippen LogP contribution in [0.3, 0.4) is 0 Å². The highest BCUT2D eigenvalue weighted by molar-refractivity contribution is 7.18. The Morgan fingerprint density at radius 3 is 2.44 bits per heavy atom. The molecule has 4 N–H and O–H groups in total. The lowest BCUT2D eigenvalue weighted by Crippen LogP contribution is -2.54. The van der Waals surface area contributed by atoms with E-state index in [4.69, 9.17) is 4.98 Å². The monoisotopic (exact) mass is 791 g/mol. The number of imide groups is 2. The summed E-state index contributed by atoms with van der Waals surface area (Å²) in [6, 6.07) is 13.2. The van der Waals surface area contributed by atoms with Gasteiger partial charge in [0.2, 0.25) is 11.8 Å². The number of piperidine rings is 2. The lowest BCUT2D eigenvalue weighted by molar-refractivity contribution is -0.136. The lowest BCUT2D eigenvalue weighted by Gasteiger charge is -2.36. The number of rotatable bonds is 11. The third-order valence-corrected chi connectivity index (χ3v) is 13.3. The number of likely N-dealkylation sites (tertiary alicyclic amines) is 1. The highest BCUT2D eigenvalue weighted by Gasteiger charge is 2.45. The molecule has 0 radical (unpaired) electrons. The van der Waals surface area contributed by atoms with Gasteiger partial charge >= 0.3 is 0 Å². The Labute approximate surface area is 335 Å². The number of nitrogens with zero attached hydrogens (tertiary/aromatic N) is 4. The van der Waals surface area contributed by atoms with Gasteiger partial charge in [0, 0.05) is 48.6 Å². The summed E-state index contributed by atoms with van der Waals surface area (Å²) < 4.78 is 0.988. The zero-order valence-corrected chi connectivity index (χ0v) is 33.2. The molecule has 8 rings (SSSR count). The largest absolute Gasteiger partial charge is 0.386 e. The molecule has 0 bridgehead atoms. The summed E-state index contributed by atoms with van der Waals surface area (Å²) in [4.78, 5) is 76.5. The van der Waals surface area contributed by atoms with E-state index in [1.807, 2.05) is 18.2 Å². The first-order valence-electron chi connectivity index (χ1n) is 20.1. The molecular formula is C43H49N7O6S. The van der Waals surface area contributed by atoms with E-state index in [2.05, 4.69) is 25.8 Å². The molecule has 5 amide bonds. The van der Waals surface area contributed by atoms with Gasteiger partial charge in [-0.05, 0) is 127 Å². The summed E-state index contributed by atoms with van der Waals surface area (Å²) in [6.07, 6.45) is 9.51. The van der Waals surface area contributed by atoms with Gasteiger partial charge in [0.05, 0.1) is 32.0 Å². The molecule has 2 saturated heterocycles. The van der Waals surface area contributed by atoms with Crippen molar-refractivity contribution in [2.75, 3.05) is 36.8 Å². The predicted octanol–water partition coefficient (Wildman–Crippen LogP) is 6.06. The van der Waals surface area contributed by atoms with Crippen molar-refractivity contribution in [2.45, 2.75) is 89.2 Å². The average molecular weight is 792 g/mol. The molecule has 5 heterocycles. The fourth-order valence-electron chi connectivity index (χ4n) is 8.95. The highest BCUT2D eigenvalue weighted by atomic mass is 32.1. The van der Waals surface area contributed by atoms with Crippen LogP contribution in [0.25, 0.3) is 10.2 Å². The van der Waals surface area contributed by atoms with Crippen LogP contribution in [0.1, 0.15) is 119 Å². The fourth-order valence-corrected chi connectivity index (χ4v) is 10.1. The number of aliphatic hydroxyl groups is 1. The van der Waals surface area contributed by atoms with Crippen LogP contribution < -0.4 is 16.0 Å². The zero-order valence-electron chi connectivity index (χ0n) is 32.4. The van der Waals surface area contributed by atoms with Crippen molar-refractivity contribution < 1.29 is 29.1 Å². The average Bonchev–Trinajstić information content (AvgIpc) is 3.73. The molecule has 1 atom stereocenters. The maximum absolute atomic E-state index is 13.4. The number of fused-ring (bicyclic) bond motifs is 2. The van der Waals surface area contributed by atoms with Crippen LogP contribution in [-0.2, 0) is 15.2 Å². The third kappa shape index (κ3) is 8.21. The Hall–Kier alpha value is -5.05. The number of aromatic nitrogens is 2. The molecule has 57 heavy (non-hydrogen) atoms. The number of hydrogen-bond acceptors (Lipinski definition) is 11. The number of pyridine rings is 1. The van der Waals surface area contributed by atoms with Gasteiger partial charge < -0.3 is 20.6 Å². The molecule has 1 unspecified atom stereocenters. The first kappa shape index (κ1) is 38.8. The first-order valence-corrected chi connectivity index (χ1v) is 20.9. The molecule has 13 nitrogen and oxygen atoms in total. The number of carbonyl (C=O) groups excluding carboxylic acids is 5. The highest BCUT2D eigenvalue weighted by Crippen LogP contribution is 2.42. The second-order valence-electron chi connectivity index (χ2n) is 16.5. The second-order valence-corrected chi connectivity index (χ2v) is 17.6. The fraction of sp³-hybridized carbons (Fsp3) is 0.465. The number of benzene rings is 2. The van der Waals surface area contributed by atoms with E-state index in [0.29, 0.717) is 52.5 Å². The second kappa shape index (κ2) is 16.1. The van der Waals surface area contributed by atoms with Gasteiger partial charge in [-0.15, -0.1) is 11.3 Å². The molecule has 1 aliphatic carbocycles. The summed E-state index contributed by atoms with van der Waals surface area (Å²) in [5.74, 6) is -0.686. The van der Waals surface area contributed by atoms with Crippen molar-refractivity contribution in [3.05, 3.63) is 82.1 Å². The topological polar surface area (TPSA) is 174 Å². The van der Waals surface area contributed by atoms with E-state index in [9.17, 15) is 29.1 Å². The van der Waals surface area contributed by atoms with E-state index in [1.165, 1.54) is 0 Å². The van der Waals surface area contributed by atoms with E-state index >= 15 is 0 Å². The number of nitrogens with one attached hydrogen (secondary N) is 3. The van der Waals surface area contributed by atoms with Gasteiger partial charge in [-0.25, -0.2) is 4.98 Å². The van der Waals surface area contributed by atoms with Gasteiger partial charge in [0.15, 0.2) is 0 Å². The van der Waals surface area contributed by atoms with E-state index in [1.54, 1.807) is 61.7 Å². The molecule has 2 aromatic heterocycles. The summed E-state index contributed by atoms with van der Waals surface area (Å²) in [5.41, 5.74) is 2.36. The summed E-state index contributed by atoms with van der Waals surface area (Å²) in [7, 11) is 0. The molecule has 3 fully saturated rings. The Morgan fingerprint density at radius 2 is 1.72 bits per heavy atom. The molecule has 3 aliphatic heterocycles. The van der Waals surface area contributed by atoms with Crippen molar-refractivity contribution in [3.8, 4) is 0 Å². The molecule has 4 aromatic rings. The maximum Gasteiger partial charge on any atom is 0.274 e. The molecule has 14 heteroatoms. The number of carbonyl (C=O) groups is 5. The van der Waals surface area contributed by atoms with Crippen LogP contribution in [0, 0.1) is 11.8 Å². The van der Waals surface area contributed by atoms with E-state index < -0.39 is 35.3 Å². The van der Waals surface area contributed by atoms with Gasteiger partial charge in [-0.1, -0.05) is 12.1 Å². The van der Waals surface area contributed by atoms with Gasteiger partial charge in [0.1, 0.15) is 11.7 Å². The van der Waals surface area contributed by atoms with Crippen LogP contribution in [-0.4, -0.2) is 86.6 Å². The van der Waals surface area contributed by atoms with Crippen LogP contribution in [0.5, 0.6) is 0 Å². The molecular weight excluding hydrogens is 743 g/mol. The first-order chi connectivity index (χ1) is 27.4. The maximum atomic E-state index is 13.4. The molecule has 4 aliphatic rings. The Morgan fingerprint density at radius 1 is 0.930 bits per heavy atom. The van der Waals surface area contributed by atoms with Crippen LogP contribution in [0.2, 0.25) is 0 Å². The number of anilines is 2. The van der Waals surface area contributed by atoms with Gasteiger partial charge in [-0.3, -0.25) is 39.2 Å². The van der Waals surface area contributed by atoms with E-state index in [-0.39, 0.29) is 24.3 Å². The number of thiazole rings is 1. The minimum absolute atomic E-state index is 0.0905. The van der Waals surface area contributed by atoms with Gasteiger partial charge in [-0.2, -0.15) is 0 Å². The van der Waals surface area contributed by atoms with E-state index in [0.717, 1.165) is 84.7 Å². The predicted molar refractivity (Wildman–Crippen MR) is 217 cm³/mol. The van der Waals surface area contributed by atoms with Crippen LogP contribution in [0.15, 0.2) is 54.7 Å². The summed E-state index contributed by atoms with van der Waals surface area (Å²) >= 11 is 1.68. The SMILES string of the molecule is CC(C)(O)c1cc2nc(C3CCC(CN4CCC(CCNc5cccc6c5C(=O)N(C5CCC(=O)NC5=O)C6=O)CC4)CC3)sc2cc1NC(=O)c1ccccn1. The van der Waals surface area contributed by atoms with Crippen molar-refractivity contribution in [1.82, 2.24) is 25.1 Å². The molecule has 1 saturated carbocycles. The van der Waals surface area contributed by atoms with Crippen molar-refractivity contribution >= 4 is 62.5 Å². The van der Waals surface area contributed by atoms with Crippen molar-refractivity contribution in [2.24, 2.45) is 11.8 Å². The Balaban J connectivity index is 0.803. The zero-order chi connectivity index (χ0) is 39.8. The summed E-state index contributed by atoms with van der Waals surface area (Å²) in [5, 5.41) is 20.7. The van der Waals surface area contributed by atoms with Crippen LogP contribution in [0.4, 0.5) is 11.4 Å². The molecule has 298 valence electrons. The normalized spacial score (nSPS) is 22.2. The lowest BCUT2D eigenvalue weighted by atomic mass is 9.81. The standard InChI is InChI=1S/C43H49N7O6S/c1-43(2,56)29-22-33-35(23-32(29)46-38(52)31-7-3-4-18-44-31)57-40(47-33)27-11-9-26(10-12-27)24-49-20-16-25(17-21-49)15-19-45-30-8-5-6-28-37(30)42(55)50(41(28)54)34-13-14-36(51)48-39(34)53/h3-8,18,22-23,25-27,34,45,56H,9-17,19-21,24H2,1-2H3,(H,46,52)(H,48,51,53). The smallest absolute Gasteiger partial charge is 0.274 e. The number of hydrogen-bond donors (Lipinski definition) is 4. The Bertz CT molecular complexity index is 2200. The van der Waals surface area contributed by atoms with Crippen molar-refractivity contribution in [1.29, 1.82) is 0 Å². The van der Waals surface area contributed by atoms with Crippen molar-refractivity contribution in [3.63, 3.8) is 0 Å². The Kier molecular flexibility index (Phi) is 10.9. The number of amides is 5.